The van der Waals surface area contributed by atoms with E-state index in [1.807, 2.05) is 24.1 Å². The summed E-state index contributed by atoms with van der Waals surface area (Å²) in [6.45, 7) is 3.79. The lowest BCUT2D eigenvalue weighted by Crippen LogP contribution is -2.16. The van der Waals surface area contributed by atoms with Crippen molar-refractivity contribution in [3.8, 4) is 0 Å². The van der Waals surface area contributed by atoms with Crippen molar-refractivity contribution >= 4 is 17.4 Å². The third-order valence-corrected chi connectivity index (χ3v) is 4.69. The van der Waals surface area contributed by atoms with E-state index in [4.69, 9.17) is 4.42 Å². The van der Waals surface area contributed by atoms with E-state index in [1.54, 1.807) is 0 Å². The number of fused-ring (bicyclic) bond motifs is 1. The Hall–Kier alpha value is -1.61. The van der Waals surface area contributed by atoms with Crippen LogP contribution in [-0.4, -0.2) is 5.75 Å². The van der Waals surface area contributed by atoms with Gasteiger partial charge in [-0.1, -0.05) is 18.2 Å². The molecule has 0 radical (unpaired) electrons. The fourth-order valence-corrected chi connectivity index (χ4v) is 3.44. The maximum atomic E-state index is 5.56. The van der Waals surface area contributed by atoms with Gasteiger partial charge in [-0.2, -0.15) is 0 Å². The van der Waals surface area contributed by atoms with Crippen LogP contribution in [0.1, 0.15) is 30.2 Å². The third kappa shape index (κ3) is 2.78. The van der Waals surface area contributed by atoms with Gasteiger partial charge >= 0.3 is 0 Å². The Morgan fingerprint density at radius 1 is 1.35 bits per heavy atom. The number of nitrogens with one attached hydrogen (secondary N) is 1. The fraction of sp³-hybridized carbons (Fsp3) is 0.294. The largest absolute Gasteiger partial charge is 0.469 e. The smallest absolute Gasteiger partial charge is 0.109 e. The molecule has 1 heterocycles. The standard InChI is InChI=1S/C17H19NOS/c1-2-12-20-17-9-4-3-6-15(17)18-14-7-5-8-16-13(14)10-11-19-16/h2-4,6,9-11,14,18H,1,5,7-8,12H2. The molecule has 3 rings (SSSR count). The summed E-state index contributed by atoms with van der Waals surface area (Å²) >= 11 is 1.81. The van der Waals surface area contributed by atoms with Gasteiger partial charge in [-0.15, -0.1) is 18.3 Å². The minimum absolute atomic E-state index is 0.364. The van der Waals surface area contributed by atoms with Crippen LogP contribution in [0.3, 0.4) is 0 Å². The number of hydrogen-bond acceptors (Lipinski definition) is 3. The summed E-state index contributed by atoms with van der Waals surface area (Å²) in [4.78, 5) is 1.28. The van der Waals surface area contributed by atoms with Gasteiger partial charge in [-0.3, -0.25) is 0 Å². The maximum absolute atomic E-state index is 5.56. The highest BCUT2D eigenvalue weighted by Gasteiger charge is 2.22. The number of rotatable bonds is 5. The van der Waals surface area contributed by atoms with Gasteiger partial charge < -0.3 is 9.73 Å². The Balaban J connectivity index is 1.80. The lowest BCUT2D eigenvalue weighted by Gasteiger charge is -2.25. The van der Waals surface area contributed by atoms with Crippen LogP contribution in [0.4, 0.5) is 5.69 Å². The Morgan fingerprint density at radius 2 is 2.25 bits per heavy atom. The van der Waals surface area contributed by atoms with Crippen LogP contribution >= 0.6 is 11.8 Å². The van der Waals surface area contributed by atoms with E-state index in [0.717, 1.165) is 24.4 Å². The predicted molar refractivity (Wildman–Crippen MR) is 85.4 cm³/mol. The topological polar surface area (TPSA) is 25.2 Å². The molecule has 0 amide bonds. The summed E-state index contributed by atoms with van der Waals surface area (Å²) in [6.07, 6.45) is 7.15. The van der Waals surface area contributed by atoms with Crippen LogP contribution in [0.5, 0.6) is 0 Å². The van der Waals surface area contributed by atoms with Crippen molar-refractivity contribution in [2.24, 2.45) is 0 Å². The molecule has 1 unspecified atom stereocenters. The maximum Gasteiger partial charge on any atom is 0.109 e. The molecule has 0 saturated heterocycles. The summed E-state index contributed by atoms with van der Waals surface area (Å²) in [5.41, 5.74) is 2.53. The molecular weight excluding hydrogens is 266 g/mol. The first-order chi connectivity index (χ1) is 9.88. The molecule has 1 aromatic carbocycles. The Morgan fingerprint density at radius 3 is 3.15 bits per heavy atom. The highest BCUT2D eigenvalue weighted by atomic mass is 32.2. The third-order valence-electron chi connectivity index (χ3n) is 3.63. The average Bonchev–Trinajstić information content (AvgIpc) is 2.96. The van der Waals surface area contributed by atoms with Crippen LogP contribution in [0.2, 0.25) is 0 Å². The zero-order valence-electron chi connectivity index (χ0n) is 11.5. The summed E-state index contributed by atoms with van der Waals surface area (Å²) in [7, 11) is 0. The highest BCUT2D eigenvalue weighted by molar-refractivity contribution is 7.99. The van der Waals surface area contributed by atoms with E-state index in [9.17, 15) is 0 Å². The second kappa shape index (κ2) is 6.23. The molecule has 1 aromatic heterocycles. The molecule has 1 aliphatic carbocycles. The SMILES string of the molecule is C=CCSc1ccccc1NC1CCCc2occc21. The van der Waals surface area contributed by atoms with Crippen LogP contribution in [-0.2, 0) is 6.42 Å². The molecule has 1 aliphatic rings. The van der Waals surface area contributed by atoms with Crippen LogP contribution in [0, 0.1) is 0 Å². The molecule has 1 atom stereocenters. The van der Waals surface area contributed by atoms with Crippen molar-refractivity contribution in [3.63, 3.8) is 0 Å². The molecule has 3 heteroatoms. The number of anilines is 1. The fourth-order valence-electron chi connectivity index (χ4n) is 2.68. The number of para-hydroxylation sites is 1. The van der Waals surface area contributed by atoms with Crippen LogP contribution < -0.4 is 5.32 Å². The molecule has 2 nitrogen and oxygen atoms in total. The second-order valence-electron chi connectivity index (χ2n) is 4.98. The predicted octanol–water partition coefficient (Wildman–Crippen LogP) is 5.05. The van der Waals surface area contributed by atoms with E-state index < -0.39 is 0 Å². The van der Waals surface area contributed by atoms with Gasteiger partial charge in [0.1, 0.15) is 5.76 Å². The minimum atomic E-state index is 0.364. The Bertz CT molecular complexity index is 590. The van der Waals surface area contributed by atoms with Gasteiger partial charge in [0, 0.05) is 28.3 Å². The van der Waals surface area contributed by atoms with Gasteiger partial charge in [0.2, 0.25) is 0 Å². The zero-order chi connectivity index (χ0) is 13.8. The molecule has 0 spiro atoms. The van der Waals surface area contributed by atoms with Gasteiger partial charge in [-0.05, 0) is 31.0 Å². The van der Waals surface area contributed by atoms with E-state index in [-0.39, 0.29) is 0 Å². The molecule has 0 aliphatic heterocycles. The number of benzene rings is 1. The molecule has 104 valence electrons. The second-order valence-corrected chi connectivity index (χ2v) is 6.05. The Labute approximate surface area is 124 Å². The zero-order valence-corrected chi connectivity index (χ0v) is 12.3. The molecule has 2 aromatic rings. The van der Waals surface area contributed by atoms with Gasteiger partial charge in [0.05, 0.1) is 12.3 Å². The lowest BCUT2D eigenvalue weighted by atomic mass is 9.93. The first-order valence-corrected chi connectivity index (χ1v) is 8.02. The van der Waals surface area contributed by atoms with Crippen molar-refractivity contribution in [2.75, 3.05) is 11.1 Å². The van der Waals surface area contributed by atoms with Crippen molar-refractivity contribution in [1.29, 1.82) is 0 Å². The Kier molecular flexibility index (Phi) is 4.16. The van der Waals surface area contributed by atoms with Crippen molar-refractivity contribution in [3.05, 3.63) is 60.6 Å². The minimum Gasteiger partial charge on any atom is -0.469 e. The van der Waals surface area contributed by atoms with Crippen molar-refractivity contribution in [1.82, 2.24) is 0 Å². The van der Waals surface area contributed by atoms with Gasteiger partial charge in [0.15, 0.2) is 0 Å². The van der Waals surface area contributed by atoms with E-state index >= 15 is 0 Å². The normalized spacial score (nSPS) is 17.5. The van der Waals surface area contributed by atoms with Crippen LogP contribution in [0.25, 0.3) is 0 Å². The van der Waals surface area contributed by atoms with Crippen molar-refractivity contribution < 1.29 is 4.42 Å². The van der Waals surface area contributed by atoms with E-state index in [0.29, 0.717) is 6.04 Å². The molecule has 0 fully saturated rings. The number of thioether (sulfide) groups is 1. The lowest BCUT2D eigenvalue weighted by molar-refractivity contribution is 0.461. The summed E-state index contributed by atoms with van der Waals surface area (Å²) in [5, 5.41) is 3.69. The summed E-state index contributed by atoms with van der Waals surface area (Å²) in [6, 6.07) is 10.9. The molecule has 20 heavy (non-hydrogen) atoms. The van der Waals surface area contributed by atoms with E-state index in [1.165, 1.54) is 22.6 Å². The monoisotopic (exact) mass is 285 g/mol. The number of furan rings is 1. The number of hydrogen-bond donors (Lipinski definition) is 1. The highest BCUT2D eigenvalue weighted by Crippen LogP contribution is 2.36. The molecular formula is C17H19NOS. The van der Waals surface area contributed by atoms with Crippen LogP contribution in [0.15, 0.2) is 58.6 Å². The summed E-state index contributed by atoms with van der Waals surface area (Å²) in [5.74, 6) is 2.07. The summed E-state index contributed by atoms with van der Waals surface area (Å²) < 4.78 is 5.56. The first kappa shape index (κ1) is 13.4. The number of aryl methyl sites for hydroxylation is 1. The first-order valence-electron chi connectivity index (χ1n) is 7.04. The average molecular weight is 285 g/mol. The molecule has 0 saturated carbocycles. The quantitative estimate of drug-likeness (QED) is 0.615. The molecule has 1 N–H and O–H groups in total. The van der Waals surface area contributed by atoms with Crippen molar-refractivity contribution in [2.45, 2.75) is 30.2 Å². The van der Waals surface area contributed by atoms with Gasteiger partial charge in [0.25, 0.3) is 0 Å². The van der Waals surface area contributed by atoms with E-state index in [2.05, 4.69) is 42.2 Å². The molecule has 0 bridgehead atoms. The van der Waals surface area contributed by atoms with Gasteiger partial charge in [-0.25, -0.2) is 0 Å².